The lowest BCUT2D eigenvalue weighted by Gasteiger charge is -2.31. The smallest absolute Gasteiger partial charge is 0.0726 e. The van der Waals surface area contributed by atoms with Gasteiger partial charge in [0.05, 0.1) is 16.4 Å². The van der Waals surface area contributed by atoms with Crippen molar-refractivity contribution >= 4 is 32.6 Å². The van der Waals surface area contributed by atoms with Gasteiger partial charge in [-0.1, -0.05) is 158 Å². The molecule has 0 saturated heterocycles. The molecule has 248 valence electrons. The minimum atomic E-state index is -0.436. The molecule has 3 aliphatic carbocycles. The summed E-state index contributed by atoms with van der Waals surface area (Å²) in [6, 6.07) is 70.6. The van der Waals surface area contributed by atoms with Gasteiger partial charge in [0.15, 0.2) is 0 Å². The van der Waals surface area contributed by atoms with Crippen molar-refractivity contribution in [2.75, 3.05) is 0 Å². The second kappa shape index (κ2) is 10.1. The highest BCUT2D eigenvalue weighted by atomic mass is 15.0. The van der Waals surface area contributed by atoms with Crippen LogP contribution >= 0.6 is 0 Å². The quantitative estimate of drug-likeness (QED) is 0.171. The van der Waals surface area contributed by atoms with E-state index in [4.69, 9.17) is 0 Å². The van der Waals surface area contributed by atoms with E-state index in [9.17, 15) is 0 Å². The van der Waals surface area contributed by atoms with Gasteiger partial charge in [-0.25, -0.2) is 0 Å². The standard InChI is InChI=1S/C53H31N/c1-2-14-36-35(13-1)39-20-11-21-42-50(39)43(36)31-47-52(42)41-18-4-8-23-45(41)53(47)44-22-7-3-17-40(44)51-34(19-12-24-46(51)53)32-27-29-33(30-28-32)54-48-25-9-5-15-37(48)38-16-6-10-26-49(38)54/h1-31H. The van der Waals surface area contributed by atoms with Gasteiger partial charge in [0.25, 0.3) is 0 Å². The lowest BCUT2D eigenvalue weighted by atomic mass is 9.70. The number of hydrogen-bond donors (Lipinski definition) is 0. The largest absolute Gasteiger partial charge is 0.309 e. The summed E-state index contributed by atoms with van der Waals surface area (Å²) < 4.78 is 2.40. The second-order valence-electron chi connectivity index (χ2n) is 15.1. The second-order valence-corrected chi connectivity index (χ2v) is 15.1. The fourth-order valence-electron chi connectivity index (χ4n) is 10.8. The third-order valence-electron chi connectivity index (χ3n) is 12.8. The first-order valence-electron chi connectivity index (χ1n) is 18.9. The predicted octanol–water partition coefficient (Wildman–Crippen LogP) is 13.6. The molecule has 0 amide bonds. The fraction of sp³-hybridized carbons (Fsp3) is 0.0189. The van der Waals surface area contributed by atoms with E-state index in [0.29, 0.717) is 0 Å². The zero-order valence-corrected chi connectivity index (χ0v) is 29.3. The van der Waals surface area contributed by atoms with Crippen molar-refractivity contribution in [3.63, 3.8) is 0 Å². The minimum absolute atomic E-state index is 0.436. The molecule has 0 saturated carbocycles. The molecule has 0 N–H and O–H groups in total. The lowest BCUT2D eigenvalue weighted by Crippen LogP contribution is -2.26. The van der Waals surface area contributed by atoms with Crippen LogP contribution < -0.4 is 0 Å². The molecule has 1 spiro atoms. The molecule has 3 aliphatic rings. The van der Waals surface area contributed by atoms with Crippen molar-refractivity contribution in [2.24, 2.45) is 0 Å². The van der Waals surface area contributed by atoms with Crippen LogP contribution in [-0.2, 0) is 5.41 Å². The van der Waals surface area contributed by atoms with Gasteiger partial charge in [0.1, 0.15) is 0 Å². The maximum absolute atomic E-state index is 2.56. The Balaban J connectivity index is 1.07. The zero-order chi connectivity index (χ0) is 35.1. The number of para-hydroxylation sites is 2. The highest BCUT2D eigenvalue weighted by molar-refractivity contribution is 6.21. The Labute approximate surface area is 313 Å². The van der Waals surface area contributed by atoms with Crippen LogP contribution in [0.2, 0.25) is 0 Å². The summed E-state index contributed by atoms with van der Waals surface area (Å²) in [5.74, 6) is 0. The van der Waals surface area contributed by atoms with Gasteiger partial charge in [-0.2, -0.15) is 0 Å². The third-order valence-corrected chi connectivity index (χ3v) is 12.8. The van der Waals surface area contributed by atoms with Crippen LogP contribution in [0.15, 0.2) is 188 Å². The van der Waals surface area contributed by atoms with Crippen LogP contribution in [0, 0.1) is 0 Å². The van der Waals surface area contributed by atoms with Crippen LogP contribution in [0.4, 0.5) is 0 Å². The van der Waals surface area contributed by atoms with E-state index in [1.54, 1.807) is 0 Å². The molecule has 0 aliphatic heterocycles. The van der Waals surface area contributed by atoms with Crippen molar-refractivity contribution < 1.29 is 0 Å². The van der Waals surface area contributed by atoms with Gasteiger partial charge in [0.2, 0.25) is 0 Å². The van der Waals surface area contributed by atoms with Gasteiger partial charge in [-0.05, 0) is 119 Å². The van der Waals surface area contributed by atoms with E-state index in [2.05, 4.69) is 193 Å². The number of benzene rings is 9. The summed E-state index contributed by atoms with van der Waals surface area (Å²) in [7, 11) is 0. The monoisotopic (exact) mass is 681 g/mol. The number of nitrogens with zero attached hydrogens (tertiary/aromatic N) is 1. The summed E-state index contributed by atoms with van der Waals surface area (Å²) in [6.07, 6.45) is 0. The van der Waals surface area contributed by atoms with Gasteiger partial charge in [0, 0.05) is 16.5 Å². The topological polar surface area (TPSA) is 4.93 Å². The molecule has 1 heterocycles. The van der Waals surface area contributed by atoms with Crippen LogP contribution in [0.5, 0.6) is 0 Å². The number of aromatic nitrogens is 1. The van der Waals surface area contributed by atoms with Crippen LogP contribution in [-0.4, -0.2) is 4.57 Å². The first kappa shape index (κ1) is 28.6. The van der Waals surface area contributed by atoms with E-state index in [1.807, 2.05) is 0 Å². The Kier molecular flexibility index (Phi) is 5.36. The number of rotatable bonds is 2. The zero-order valence-electron chi connectivity index (χ0n) is 29.3. The van der Waals surface area contributed by atoms with Crippen LogP contribution in [0.1, 0.15) is 22.3 Å². The molecule has 0 radical (unpaired) electrons. The first-order chi connectivity index (χ1) is 26.8. The van der Waals surface area contributed by atoms with E-state index in [1.165, 1.54) is 116 Å². The number of hydrogen-bond acceptors (Lipinski definition) is 0. The van der Waals surface area contributed by atoms with Crippen molar-refractivity contribution in [1.29, 1.82) is 0 Å². The van der Waals surface area contributed by atoms with E-state index in [0.717, 1.165) is 0 Å². The van der Waals surface area contributed by atoms with E-state index in [-0.39, 0.29) is 0 Å². The van der Waals surface area contributed by atoms with Gasteiger partial charge >= 0.3 is 0 Å². The Morgan fingerprint density at radius 2 is 0.815 bits per heavy atom. The average Bonchev–Trinajstić information content (AvgIpc) is 3.94. The Bertz CT molecular complexity index is 3210. The van der Waals surface area contributed by atoms with Gasteiger partial charge in [-0.15, -0.1) is 0 Å². The molecule has 0 fully saturated rings. The molecule has 13 rings (SSSR count). The Hall–Kier alpha value is -6.96. The summed E-state index contributed by atoms with van der Waals surface area (Å²) in [4.78, 5) is 0. The molecule has 0 bridgehead atoms. The van der Waals surface area contributed by atoms with Crippen molar-refractivity contribution in [1.82, 2.24) is 4.57 Å². The van der Waals surface area contributed by atoms with E-state index < -0.39 is 5.41 Å². The summed E-state index contributed by atoms with van der Waals surface area (Å²) in [5, 5.41) is 5.29. The molecule has 54 heavy (non-hydrogen) atoms. The average molecular weight is 682 g/mol. The van der Waals surface area contributed by atoms with Crippen molar-refractivity contribution in [2.45, 2.75) is 5.41 Å². The molecular formula is C53H31N. The highest BCUT2D eigenvalue weighted by Crippen LogP contribution is 2.66. The Morgan fingerprint density at radius 3 is 1.52 bits per heavy atom. The van der Waals surface area contributed by atoms with Crippen molar-refractivity contribution in [3.8, 4) is 61.3 Å². The van der Waals surface area contributed by atoms with E-state index >= 15 is 0 Å². The maximum atomic E-state index is 2.56. The fourth-order valence-corrected chi connectivity index (χ4v) is 10.8. The van der Waals surface area contributed by atoms with Gasteiger partial charge in [-0.3, -0.25) is 0 Å². The van der Waals surface area contributed by atoms with Gasteiger partial charge < -0.3 is 4.57 Å². The lowest BCUT2D eigenvalue weighted by molar-refractivity contribution is 0.795. The first-order valence-corrected chi connectivity index (χ1v) is 18.9. The van der Waals surface area contributed by atoms with Crippen LogP contribution in [0.3, 0.4) is 0 Å². The highest BCUT2D eigenvalue weighted by Gasteiger charge is 2.53. The molecule has 1 nitrogen and oxygen atoms in total. The molecule has 1 aromatic heterocycles. The summed E-state index contributed by atoms with van der Waals surface area (Å²) in [6.45, 7) is 0. The predicted molar refractivity (Wildman–Crippen MR) is 224 cm³/mol. The molecule has 1 atom stereocenters. The SMILES string of the molecule is c1ccc2c(c1)-c1cccc3c4c(cc-2c13)C1(c2ccccc2-c2c(-c3ccc(-n5c6ccccc6c6ccccc65)cc3)cccc21)c1ccccc1-4. The third kappa shape index (κ3) is 3.33. The normalized spacial score (nSPS) is 15.5. The summed E-state index contributed by atoms with van der Waals surface area (Å²) in [5.41, 5.74) is 22.0. The molecule has 1 unspecified atom stereocenters. The summed E-state index contributed by atoms with van der Waals surface area (Å²) >= 11 is 0. The maximum Gasteiger partial charge on any atom is 0.0726 e. The number of fused-ring (bicyclic) bond motifs is 17. The molecular weight excluding hydrogens is 651 g/mol. The Morgan fingerprint density at radius 1 is 0.315 bits per heavy atom. The molecule has 10 aromatic rings. The molecule has 1 heteroatoms. The van der Waals surface area contributed by atoms with Crippen molar-refractivity contribution in [3.05, 3.63) is 210 Å². The molecule has 9 aromatic carbocycles. The van der Waals surface area contributed by atoms with Crippen LogP contribution in [0.25, 0.3) is 93.9 Å². The minimum Gasteiger partial charge on any atom is -0.309 e.